The summed E-state index contributed by atoms with van der Waals surface area (Å²) in [6.07, 6.45) is 4.79. The molecular formula is C11H15N7O3. The predicted molar refractivity (Wildman–Crippen MR) is 70.0 cm³/mol. The monoisotopic (exact) mass is 293 g/mol. The molecular weight excluding hydrogens is 278 g/mol. The summed E-state index contributed by atoms with van der Waals surface area (Å²) < 4.78 is 1.19. The number of carboxylic acid groups (broad SMARTS) is 1. The van der Waals surface area contributed by atoms with Crippen LogP contribution in [0.1, 0.15) is 24.2 Å². The van der Waals surface area contributed by atoms with Crippen molar-refractivity contribution in [1.29, 1.82) is 0 Å². The Morgan fingerprint density at radius 3 is 3.00 bits per heavy atom. The number of hydrogen-bond donors (Lipinski definition) is 4. The van der Waals surface area contributed by atoms with Crippen molar-refractivity contribution in [2.75, 3.05) is 0 Å². The zero-order valence-electron chi connectivity index (χ0n) is 11.3. The van der Waals surface area contributed by atoms with Gasteiger partial charge in [0.15, 0.2) is 0 Å². The van der Waals surface area contributed by atoms with Crippen LogP contribution in [0.15, 0.2) is 18.6 Å². The molecule has 2 aromatic rings. The van der Waals surface area contributed by atoms with Crippen molar-refractivity contribution in [2.45, 2.75) is 26.1 Å². The molecule has 1 atom stereocenters. The van der Waals surface area contributed by atoms with E-state index in [1.807, 2.05) is 6.92 Å². The summed E-state index contributed by atoms with van der Waals surface area (Å²) in [5, 5.41) is 27.8. The number of amides is 2. The van der Waals surface area contributed by atoms with Gasteiger partial charge in [-0.2, -0.15) is 5.10 Å². The highest BCUT2D eigenvalue weighted by atomic mass is 16.4. The number of carbonyl (C=O) groups is 2. The molecule has 0 saturated heterocycles. The van der Waals surface area contributed by atoms with E-state index in [2.05, 4.69) is 31.1 Å². The molecule has 0 saturated carbocycles. The minimum absolute atomic E-state index is 0.156. The fourth-order valence-corrected chi connectivity index (χ4v) is 1.63. The lowest BCUT2D eigenvalue weighted by Gasteiger charge is -2.12. The van der Waals surface area contributed by atoms with Crippen LogP contribution in [0, 0.1) is 0 Å². The van der Waals surface area contributed by atoms with Crippen LogP contribution >= 0.6 is 0 Å². The van der Waals surface area contributed by atoms with E-state index in [0.29, 0.717) is 5.69 Å². The molecule has 0 radical (unpaired) electrons. The lowest BCUT2D eigenvalue weighted by Crippen LogP contribution is -2.36. The highest BCUT2D eigenvalue weighted by Gasteiger charge is 2.11. The molecule has 1 unspecified atom stereocenters. The fraction of sp³-hybridized carbons (Fsp3) is 0.364. The van der Waals surface area contributed by atoms with Gasteiger partial charge in [-0.1, -0.05) is 5.21 Å². The molecule has 10 nitrogen and oxygen atoms in total. The van der Waals surface area contributed by atoms with E-state index in [1.165, 1.54) is 10.9 Å². The van der Waals surface area contributed by atoms with Gasteiger partial charge in [0.25, 0.3) is 0 Å². The average molecular weight is 293 g/mol. The second-order valence-electron chi connectivity index (χ2n) is 4.38. The number of carbonyl (C=O) groups excluding carboxylic acids is 1. The standard InChI is InChI=1S/C11H15N7O3/c1-7(8-2-13-14-3-8)15-11(21)12-4-9-5-18(17-16-9)6-10(19)20/h2-3,5,7H,4,6H2,1H3,(H,13,14)(H,19,20)(H2,12,15,21). The molecule has 2 aromatic heterocycles. The largest absolute Gasteiger partial charge is 0.480 e. The Balaban J connectivity index is 1.78. The second kappa shape index (κ2) is 6.50. The molecule has 0 spiro atoms. The van der Waals surface area contributed by atoms with E-state index < -0.39 is 5.97 Å². The van der Waals surface area contributed by atoms with E-state index in [0.717, 1.165) is 5.56 Å². The Morgan fingerprint density at radius 1 is 1.52 bits per heavy atom. The molecule has 0 aliphatic rings. The van der Waals surface area contributed by atoms with E-state index in [-0.39, 0.29) is 25.2 Å². The maximum Gasteiger partial charge on any atom is 0.325 e. The third-order valence-electron chi connectivity index (χ3n) is 2.68. The molecule has 10 heteroatoms. The van der Waals surface area contributed by atoms with Crippen LogP contribution in [-0.2, 0) is 17.9 Å². The Bertz CT molecular complexity index is 607. The maximum absolute atomic E-state index is 11.7. The number of carboxylic acids is 1. The first kappa shape index (κ1) is 14.5. The third kappa shape index (κ3) is 4.30. The van der Waals surface area contributed by atoms with Crippen LogP contribution in [-0.4, -0.2) is 42.3 Å². The number of aliphatic carboxylic acids is 1. The minimum Gasteiger partial charge on any atom is -0.480 e. The van der Waals surface area contributed by atoms with Gasteiger partial charge in [-0.05, 0) is 6.92 Å². The van der Waals surface area contributed by atoms with Gasteiger partial charge in [-0.3, -0.25) is 9.89 Å². The van der Waals surface area contributed by atoms with Crippen LogP contribution in [0.5, 0.6) is 0 Å². The van der Waals surface area contributed by atoms with Crippen LogP contribution in [0.25, 0.3) is 0 Å². The number of H-pyrrole nitrogens is 1. The highest BCUT2D eigenvalue weighted by Crippen LogP contribution is 2.08. The van der Waals surface area contributed by atoms with Gasteiger partial charge >= 0.3 is 12.0 Å². The maximum atomic E-state index is 11.7. The molecule has 0 aromatic carbocycles. The third-order valence-corrected chi connectivity index (χ3v) is 2.68. The number of rotatable bonds is 6. The molecule has 2 amide bonds. The number of aromatic nitrogens is 5. The lowest BCUT2D eigenvalue weighted by atomic mass is 10.2. The molecule has 0 bridgehead atoms. The van der Waals surface area contributed by atoms with Crippen molar-refractivity contribution in [3.63, 3.8) is 0 Å². The van der Waals surface area contributed by atoms with Crippen LogP contribution in [0.3, 0.4) is 0 Å². The number of hydrogen-bond acceptors (Lipinski definition) is 5. The molecule has 4 N–H and O–H groups in total. The first-order chi connectivity index (χ1) is 10.0. The summed E-state index contributed by atoms with van der Waals surface area (Å²) in [6.45, 7) is 1.72. The van der Waals surface area contributed by atoms with Crippen LogP contribution in [0.4, 0.5) is 4.79 Å². The van der Waals surface area contributed by atoms with Crippen molar-refractivity contribution in [3.05, 3.63) is 29.8 Å². The number of nitrogens with one attached hydrogen (secondary N) is 3. The van der Waals surface area contributed by atoms with Crippen molar-refractivity contribution in [2.24, 2.45) is 0 Å². The minimum atomic E-state index is -1.01. The van der Waals surface area contributed by atoms with E-state index >= 15 is 0 Å². The molecule has 2 rings (SSSR count). The smallest absolute Gasteiger partial charge is 0.325 e. The zero-order valence-corrected chi connectivity index (χ0v) is 11.3. The summed E-state index contributed by atoms with van der Waals surface area (Å²) in [7, 11) is 0. The molecule has 112 valence electrons. The van der Waals surface area contributed by atoms with Crippen molar-refractivity contribution >= 4 is 12.0 Å². The van der Waals surface area contributed by atoms with Gasteiger partial charge < -0.3 is 15.7 Å². The molecule has 2 heterocycles. The SMILES string of the molecule is CC(NC(=O)NCc1cn(CC(=O)O)nn1)c1cn[nH]c1. The van der Waals surface area contributed by atoms with Gasteiger partial charge in [0.1, 0.15) is 12.2 Å². The topological polar surface area (TPSA) is 138 Å². The Morgan fingerprint density at radius 2 is 2.33 bits per heavy atom. The van der Waals surface area contributed by atoms with Gasteiger partial charge in [-0.25, -0.2) is 9.48 Å². The van der Waals surface area contributed by atoms with Crippen molar-refractivity contribution in [3.8, 4) is 0 Å². The zero-order chi connectivity index (χ0) is 15.2. The van der Waals surface area contributed by atoms with Gasteiger partial charge in [0, 0.05) is 11.8 Å². The van der Waals surface area contributed by atoms with E-state index in [1.54, 1.807) is 12.4 Å². The van der Waals surface area contributed by atoms with Crippen LogP contribution in [0.2, 0.25) is 0 Å². The van der Waals surface area contributed by atoms with Gasteiger partial charge in [-0.15, -0.1) is 5.10 Å². The molecule has 0 aliphatic heterocycles. The summed E-state index contributed by atoms with van der Waals surface area (Å²) in [5.74, 6) is -1.01. The van der Waals surface area contributed by atoms with Gasteiger partial charge in [0.2, 0.25) is 0 Å². The lowest BCUT2D eigenvalue weighted by molar-refractivity contribution is -0.137. The number of urea groups is 1. The summed E-state index contributed by atoms with van der Waals surface area (Å²) in [4.78, 5) is 22.2. The van der Waals surface area contributed by atoms with Crippen molar-refractivity contribution < 1.29 is 14.7 Å². The van der Waals surface area contributed by atoms with Crippen molar-refractivity contribution in [1.82, 2.24) is 35.8 Å². The second-order valence-corrected chi connectivity index (χ2v) is 4.38. The fourth-order valence-electron chi connectivity index (χ4n) is 1.63. The highest BCUT2D eigenvalue weighted by molar-refractivity contribution is 5.74. The predicted octanol–water partition coefficient (Wildman–Crippen LogP) is -0.354. The normalized spacial score (nSPS) is 11.9. The quantitative estimate of drug-likeness (QED) is 0.574. The summed E-state index contributed by atoms with van der Waals surface area (Å²) in [6, 6.07) is -0.553. The number of aromatic amines is 1. The first-order valence-electron chi connectivity index (χ1n) is 6.18. The Kier molecular flexibility index (Phi) is 4.49. The van der Waals surface area contributed by atoms with E-state index in [9.17, 15) is 9.59 Å². The average Bonchev–Trinajstić information content (AvgIpc) is 3.06. The molecule has 0 aliphatic carbocycles. The van der Waals surface area contributed by atoms with Crippen LogP contribution < -0.4 is 10.6 Å². The summed E-state index contributed by atoms with van der Waals surface area (Å²) >= 11 is 0. The molecule has 0 fully saturated rings. The van der Waals surface area contributed by atoms with Gasteiger partial charge in [0.05, 0.1) is 25.0 Å². The van der Waals surface area contributed by atoms with E-state index in [4.69, 9.17) is 5.11 Å². The molecule has 21 heavy (non-hydrogen) atoms. The number of nitrogens with zero attached hydrogens (tertiary/aromatic N) is 4. The first-order valence-corrected chi connectivity index (χ1v) is 6.18. The Labute approximate surface area is 119 Å². The summed E-state index contributed by atoms with van der Waals surface area (Å²) in [5.41, 5.74) is 1.33. The Hall–Kier alpha value is -2.91.